The Bertz CT molecular complexity index is 1050. The molecule has 3 aromatic rings. The van der Waals surface area contributed by atoms with E-state index in [4.69, 9.17) is 23.1 Å². The van der Waals surface area contributed by atoms with Crippen LogP contribution in [0.1, 0.15) is 20.8 Å². The van der Waals surface area contributed by atoms with E-state index in [1.165, 1.54) is 0 Å². The molecule has 4 rings (SSSR count). The zero-order valence-electron chi connectivity index (χ0n) is 20.9. The van der Waals surface area contributed by atoms with Crippen molar-refractivity contribution in [3.8, 4) is 0 Å². The monoisotopic (exact) mass is 455 g/mol. The maximum atomic E-state index is 15.3. The van der Waals surface area contributed by atoms with E-state index in [1.807, 2.05) is 6.07 Å². The molecule has 0 spiro atoms. The number of benzene rings is 3. The van der Waals surface area contributed by atoms with Crippen LogP contribution < -0.4 is 0 Å². The summed E-state index contributed by atoms with van der Waals surface area (Å²) in [6.07, 6.45) is -7.12. The highest BCUT2D eigenvalue weighted by Gasteiger charge is 2.48. The number of ether oxygens (including phenoxy) is 4. The molecule has 1 N–H and O–H groups in total. The van der Waals surface area contributed by atoms with Gasteiger partial charge in [-0.05, 0) is 16.7 Å². The zero-order valence-corrected chi connectivity index (χ0v) is 17.9. The van der Waals surface area contributed by atoms with Crippen molar-refractivity contribution in [3.63, 3.8) is 0 Å². The Labute approximate surface area is 197 Å². The van der Waals surface area contributed by atoms with E-state index in [-0.39, 0.29) is 0 Å². The predicted molar refractivity (Wildman–Crippen MR) is 122 cm³/mol. The molecule has 6 heteroatoms. The summed E-state index contributed by atoms with van der Waals surface area (Å²) in [5.74, 6) is 0. The molecule has 0 saturated carbocycles. The summed E-state index contributed by atoms with van der Waals surface area (Å²) < 4.78 is 63.9. The molecule has 1 saturated heterocycles. The van der Waals surface area contributed by atoms with Crippen molar-refractivity contribution in [1.82, 2.24) is 0 Å². The van der Waals surface area contributed by atoms with Gasteiger partial charge in [0.1, 0.15) is 24.4 Å². The lowest BCUT2D eigenvalue weighted by Crippen LogP contribution is -2.59. The highest BCUT2D eigenvalue weighted by Crippen LogP contribution is 2.30. The smallest absolute Gasteiger partial charge is 0.228 e. The van der Waals surface area contributed by atoms with Crippen molar-refractivity contribution in [1.29, 1.82) is 0 Å². The lowest BCUT2D eigenvalue weighted by Gasteiger charge is -2.43. The average molecular weight is 456 g/mol. The quantitative estimate of drug-likeness (QED) is 0.490. The second-order valence-electron chi connectivity index (χ2n) is 7.60. The van der Waals surface area contributed by atoms with Crippen LogP contribution in [-0.4, -0.2) is 42.5 Å². The minimum Gasteiger partial charge on any atom is -0.394 e. The molecule has 33 heavy (non-hydrogen) atoms. The summed E-state index contributed by atoms with van der Waals surface area (Å²) in [6, 6.07) is 26.1. The van der Waals surface area contributed by atoms with Crippen molar-refractivity contribution in [3.05, 3.63) is 108 Å². The Morgan fingerprint density at radius 3 is 1.48 bits per heavy atom. The summed E-state index contributed by atoms with van der Waals surface area (Å²) in [7, 11) is 0. The molecule has 0 radical (unpaired) electrons. The number of alkyl halides is 1. The number of aliphatic hydroxyl groups is 1. The Kier molecular flexibility index (Phi) is 7.22. The number of hydrogen-bond donors (Lipinski definition) is 1. The molecule has 0 amide bonds. The second-order valence-corrected chi connectivity index (χ2v) is 7.60. The van der Waals surface area contributed by atoms with Gasteiger partial charge in [-0.3, -0.25) is 0 Å². The van der Waals surface area contributed by atoms with Crippen molar-refractivity contribution in [2.45, 2.75) is 50.5 Å². The Morgan fingerprint density at radius 2 is 1.06 bits per heavy atom. The van der Waals surface area contributed by atoms with Gasteiger partial charge in [-0.15, -0.1) is 0 Å². The summed E-state index contributed by atoms with van der Waals surface area (Å²) in [5.41, 5.74) is 1.56. The van der Waals surface area contributed by atoms with Gasteiger partial charge in [0, 0.05) is 0 Å². The van der Waals surface area contributed by atoms with Crippen LogP contribution in [0.25, 0.3) is 0 Å². The minimum atomic E-state index is -2.06. The van der Waals surface area contributed by atoms with Crippen molar-refractivity contribution < 1.29 is 32.6 Å². The highest BCUT2D eigenvalue weighted by atomic mass is 19.1. The molecule has 1 aliphatic rings. The lowest BCUT2D eigenvalue weighted by molar-refractivity contribution is -0.296. The molecule has 0 aromatic heterocycles. The minimum absolute atomic E-state index is 0.498. The Morgan fingerprint density at radius 1 is 0.667 bits per heavy atom. The Hall–Kier alpha value is -2.61. The third kappa shape index (κ3) is 6.47. The third-order valence-electron chi connectivity index (χ3n) is 5.24. The zero-order chi connectivity index (χ0) is 25.5. The normalized spacial score (nSPS) is 29.3. The van der Waals surface area contributed by atoms with Gasteiger partial charge in [-0.2, -0.15) is 0 Å². The molecule has 174 valence electrons. The fourth-order valence-corrected chi connectivity index (χ4v) is 3.54. The largest absolute Gasteiger partial charge is 0.394 e. The van der Waals surface area contributed by atoms with Gasteiger partial charge in [-0.1, -0.05) is 91.0 Å². The first-order valence-corrected chi connectivity index (χ1v) is 10.8. The number of halogens is 1. The summed E-state index contributed by atoms with van der Waals surface area (Å²) >= 11 is 0. The topological polar surface area (TPSA) is 57.2 Å². The second kappa shape index (κ2) is 12.0. The molecule has 3 aromatic carbocycles. The van der Waals surface area contributed by atoms with E-state index in [1.54, 1.807) is 84.9 Å². The van der Waals surface area contributed by atoms with Gasteiger partial charge in [-0.25, -0.2) is 4.39 Å². The van der Waals surface area contributed by atoms with E-state index < -0.39 is 57.1 Å². The first-order valence-electron chi connectivity index (χ1n) is 12.5. The van der Waals surface area contributed by atoms with Crippen molar-refractivity contribution >= 4 is 0 Å². The van der Waals surface area contributed by atoms with E-state index in [0.29, 0.717) is 16.7 Å². The van der Waals surface area contributed by atoms with Crippen LogP contribution in [0.2, 0.25) is 0 Å². The molecule has 0 aliphatic carbocycles. The highest BCUT2D eigenvalue weighted by molar-refractivity contribution is 5.15. The standard InChI is InChI=1S/C27H29FO5/c28-27-26(32-19-22-14-8-3-9-15-22)25(31-18-21-12-6-2-7-13-21)24(23(16-29)33-27)30-17-20-10-4-1-5-11-20/h1-15,23-27,29H,16-19H2/t23-,24+,25+,26-,27?/m1/s1/i17D,18D,19D/t17?,18?,19?,23-,24+,25+,26-,27?. The van der Waals surface area contributed by atoms with Gasteiger partial charge >= 0.3 is 0 Å². The van der Waals surface area contributed by atoms with Crippen LogP contribution in [0, 0.1) is 0 Å². The van der Waals surface area contributed by atoms with Crippen LogP contribution in [0.15, 0.2) is 91.0 Å². The van der Waals surface area contributed by atoms with Gasteiger partial charge in [0.25, 0.3) is 0 Å². The van der Waals surface area contributed by atoms with E-state index in [2.05, 4.69) is 0 Å². The van der Waals surface area contributed by atoms with E-state index in [9.17, 15) is 5.11 Å². The van der Waals surface area contributed by atoms with E-state index in [0.717, 1.165) is 0 Å². The van der Waals surface area contributed by atoms with Gasteiger partial charge < -0.3 is 24.1 Å². The van der Waals surface area contributed by atoms with Crippen molar-refractivity contribution in [2.75, 3.05) is 6.61 Å². The SMILES string of the molecule is [2H]C(O[C@@H]1[C@H](OC([2H])c2ccccc2)[C@@H](OC([2H])c2ccccc2)C(F)O[C@@H]1CO)c1ccccc1. The average Bonchev–Trinajstić information content (AvgIpc) is 2.93. The van der Waals surface area contributed by atoms with Crippen molar-refractivity contribution in [2.24, 2.45) is 0 Å². The Balaban J connectivity index is 1.64. The fourth-order valence-electron chi connectivity index (χ4n) is 3.54. The summed E-state index contributed by atoms with van der Waals surface area (Å²) in [4.78, 5) is 0. The first kappa shape index (κ1) is 19.8. The van der Waals surface area contributed by atoms with Crippen LogP contribution in [0.3, 0.4) is 0 Å². The molecular weight excluding hydrogens is 423 g/mol. The predicted octanol–water partition coefficient (Wildman–Crippen LogP) is 4.43. The fraction of sp³-hybridized carbons (Fsp3) is 0.333. The third-order valence-corrected chi connectivity index (χ3v) is 5.24. The van der Waals surface area contributed by atoms with Crippen LogP contribution >= 0.6 is 0 Å². The van der Waals surface area contributed by atoms with E-state index >= 15 is 4.39 Å². The molecule has 5 nitrogen and oxygen atoms in total. The molecule has 1 heterocycles. The van der Waals surface area contributed by atoms with Gasteiger partial charge in [0.15, 0.2) is 0 Å². The lowest BCUT2D eigenvalue weighted by atomic mass is 9.98. The molecule has 0 bridgehead atoms. The first-order chi connectivity index (χ1) is 17.5. The number of rotatable bonds is 10. The summed E-state index contributed by atoms with van der Waals surface area (Å²) in [6.45, 7) is -4.30. The maximum Gasteiger partial charge on any atom is 0.228 e. The number of hydrogen-bond acceptors (Lipinski definition) is 5. The molecule has 1 aliphatic heterocycles. The van der Waals surface area contributed by atoms with Crippen LogP contribution in [0.4, 0.5) is 4.39 Å². The molecular formula is C27H29FO5. The molecule has 8 atom stereocenters. The molecule has 1 fully saturated rings. The van der Waals surface area contributed by atoms with Crippen LogP contribution in [-0.2, 0) is 38.7 Å². The maximum absolute atomic E-state index is 15.3. The number of aliphatic hydroxyl groups excluding tert-OH is 1. The van der Waals surface area contributed by atoms with Gasteiger partial charge in [0.2, 0.25) is 6.36 Å². The van der Waals surface area contributed by atoms with Gasteiger partial charge in [0.05, 0.1) is 30.5 Å². The summed E-state index contributed by atoms with van der Waals surface area (Å²) in [5, 5.41) is 9.96. The molecule has 4 unspecified atom stereocenters. The van der Waals surface area contributed by atoms with Crippen LogP contribution in [0.5, 0.6) is 0 Å².